The summed E-state index contributed by atoms with van der Waals surface area (Å²) in [5, 5.41) is 0. The van der Waals surface area contributed by atoms with E-state index in [1.807, 2.05) is 0 Å². The number of likely N-dealkylation sites (tertiary alicyclic amines) is 1. The summed E-state index contributed by atoms with van der Waals surface area (Å²) in [5.74, 6) is 0.745. The van der Waals surface area contributed by atoms with Gasteiger partial charge in [0.2, 0.25) is 5.91 Å². The van der Waals surface area contributed by atoms with Gasteiger partial charge in [0.05, 0.1) is 0 Å². The first-order chi connectivity index (χ1) is 9.08. The standard InChI is InChI=1S/C15H29N3O/c1-17(2)13-7-5-9-18(11-13)15(19)10-12-6-3-4-8-14(12)16/h12-14H,3-11,16H2,1-2H3. The molecule has 1 aliphatic heterocycles. The van der Waals surface area contributed by atoms with Gasteiger partial charge in [-0.3, -0.25) is 4.79 Å². The lowest BCUT2D eigenvalue weighted by atomic mass is 9.82. The molecule has 2 aliphatic rings. The quantitative estimate of drug-likeness (QED) is 0.842. The van der Waals surface area contributed by atoms with Gasteiger partial charge in [-0.2, -0.15) is 0 Å². The lowest BCUT2D eigenvalue weighted by molar-refractivity contribution is -0.134. The summed E-state index contributed by atoms with van der Waals surface area (Å²) in [6.07, 6.45) is 7.71. The van der Waals surface area contributed by atoms with Crippen molar-refractivity contribution in [3.63, 3.8) is 0 Å². The largest absolute Gasteiger partial charge is 0.341 e. The maximum atomic E-state index is 12.4. The lowest BCUT2D eigenvalue weighted by Crippen LogP contribution is -2.48. The summed E-state index contributed by atoms with van der Waals surface area (Å²) in [6, 6.07) is 0.768. The van der Waals surface area contributed by atoms with Crippen molar-refractivity contribution in [2.24, 2.45) is 11.7 Å². The number of hydrogen-bond donors (Lipinski definition) is 1. The Hall–Kier alpha value is -0.610. The van der Waals surface area contributed by atoms with Gasteiger partial charge in [0, 0.05) is 31.6 Å². The molecular formula is C15H29N3O. The molecule has 1 aliphatic carbocycles. The maximum absolute atomic E-state index is 12.4. The SMILES string of the molecule is CN(C)C1CCCN(C(=O)CC2CCCCC2N)C1. The van der Waals surface area contributed by atoms with Crippen LogP contribution in [0.2, 0.25) is 0 Å². The summed E-state index contributed by atoms with van der Waals surface area (Å²) < 4.78 is 0. The average molecular weight is 267 g/mol. The smallest absolute Gasteiger partial charge is 0.222 e. The Kier molecular flexibility index (Phi) is 5.22. The number of nitrogens with two attached hydrogens (primary N) is 1. The van der Waals surface area contributed by atoms with E-state index in [0.717, 1.165) is 32.4 Å². The third-order valence-electron chi connectivity index (χ3n) is 4.88. The first-order valence-electron chi connectivity index (χ1n) is 7.77. The molecule has 1 heterocycles. The van der Waals surface area contributed by atoms with E-state index in [9.17, 15) is 4.79 Å². The van der Waals surface area contributed by atoms with Gasteiger partial charge in [-0.1, -0.05) is 12.8 Å². The predicted octanol–water partition coefficient (Wildman–Crippen LogP) is 1.45. The summed E-state index contributed by atoms with van der Waals surface area (Å²) in [5.41, 5.74) is 6.15. The molecule has 1 saturated carbocycles. The van der Waals surface area contributed by atoms with E-state index in [-0.39, 0.29) is 6.04 Å². The number of hydrogen-bond acceptors (Lipinski definition) is 3. The van der Waals surface area contributed by atoms with Crippen molar-refractivity contribution in [3.8, 4) is 0 Å². The molecule has 110 valence electrons. The number of likely N-dealkylation sites (N-methyl/N-ethyl adjacent to an activating group) is 1. The normalized spacial score (nSPS) is 32.6. The van der Waals surface area contributed by atoms with E-state index >= 15 is 0 Å². The zero-order valence-electron chi connectivity index (χ0n) is 12.5. The van der Waals surface area contributed by atoms with Gasteiger partial charge in [-0.05, 0) is 45.7 Å². The minimum atomic E-state index is 0.243. The van der Waals surface area contributed by atoms with Crippen LogP contribution in [0.1, 0.15) is 44.9 Å². The molecule has 0 aromatic carbocycles. The van der Waals surface area contributed by atoms with Crippen LogP contribution in [0.5, 0.6) is 0 Å². The number of carbonyl (C=O) groups excluding carboxylic acids is 1. The molecule has 2 rings (SSSR count). The molecule has 2 N–H and O–H groups in total. The molecule has 0 bridgehead atoms. The number of piperidine rings is 1. The third-order valence-corrected chi connectivity index (χ3v) is 4.88. The van der Waals surface area contributed by atoms with Crippen LogP contribution in [0, 0.1) is 5.92 Å². The van der Waals surface area contributed by atoms with Gasteiger partial charge >= 0.3 is 0 Å². The summed E-state index contributed by atoms with van der Waals surface area (Å²) in [6.45, 7) is 1.83. The number of carbonyl (C=O) groups is 1. The minimum absolute atomic E-state index is 0.243. The zero-order valence-corrected chi connectivity index (χ0v) is 12.5. The Morgan fingerprint density at radius 3 is 2.63 bits per heavy atom. The van der Waals surface area contributed by atoms with Crippen molar-refractivity contribution < 1.29 is 4.79 Å². The van der Waals surface area contributed by atoms with E-state index in [0.29, 0.717) is 24.3 Å². The highest BCUT2D eigenvalue weighted by molar-refractivity contribution is 5.76. The Balaban J connectivity index is 1.85. The predicted molar refractivity (Wildman–Crippen MR) is 77.8 cm³/mol. The molecule has 3 unspecified atom stereocenters. The molecule has 0 radical (unpaired) electrons. The summed E-state index contributed by atoms with van der Waals surface area (Å²) in [7, 11) is 4.21. The van der Waals surface area contributed by atoms with E-state index < -0.39 is 0 Å². The molecule has 0 spiro atoms. The van der Waals surface area contributed by atoms with Crippen LogP contribution in [-0.2, 0) is 4.79 Å². The molecule has 4 heteroatoms. The second-order valence-corrected chi connectivity index (χ2v) is 6.51. The lowest BCUT2D eigenvalue weighted by Gasteiger charge is -2.37. The topological polar surface area (TPSA) is 49.6 Å². The fourth-order valence-corrected chi connectivity index (χ4v) is 3.45. The monoisotopic (exact) mass is 267 g/mol. The van der Waals surface area contributed by atoms with Gasteiger partial charge in [-0.25, -0.2) is 0 Å². The fourth-order valence-electron chi connectivity index (χ4n) is 3.45. The summed E-state index contributed by atoms with van der Waals surface area (Å²) >= 11 is 0. The average Bonchev–Trinajstić information content (AvgIpc) is 2.41. The first-order valence-corrected chi connectivity index (χ1v) is 7.77. The van der Waals surface area contributed by atoms with Crippen LogP contribution in [-0.4, -0.2) is 55.0 Å². The van der Waals surface area contributed by atoms with Crippen molar-refractivity contribution >= 4 is 5.91 Å². The van der Waals surface area contributed by atoms with Crippen LogP contribution >= 0.6 is 0 Å². The van der Waals surface area contributed by atoms with Gasteiger partial charge in [0.15, 0.2) is 0 Å². The van der Waals surface area contributed by atoms with Crippen LogP contribution < -0.4 is 5.73 Å². The molecular weight excluding hydrogens is 238 g/mol. The highest BCUT2D eigenvalue weighted by atomic mass is 16.2. The zero-order chi connectivity index (χ0) is 13.8. The van der Waals surface area contributed by atoms with Crippen molar-refractivity contribution in [1.82, 2.24) is 9.80 Å². The molecule has 0 aromatic rings. The fraction of sp³-hybridized carbons (Fsp3) is 0.933. The van der Waals surface area contributed by atoms with E-state index in [2.05, 4.69) is 23.9 Å². The Bertz CT molecular complexity index is 306. The van der Waals surface area contributed by atoms with Gasteiger partial charge < -0.3 is 15.5 Å². The van der Waals surface area contributed by atoms with E-state index in [1.165, 1.54) is 19.3 Å². The maximum Gasteiger partial charge on any atom is 0.222 e. The molecule has 1 saturated heterocycles. The number of nitrogens with zero attached hydrogens (tertiary/aromatic N) is 2. The van der Waals surface area contributed by atoms with Gasteiger partial charge in [0.25, 0.3) is 0 Å². The molecule has 0 aromatic heterocycles. The van der Waals surface area contributed by atoms with Gasteiger partial charge in [-0.15, -0.1) is 0 Å². The third kappa shape index (κ3) is 3.93. The van der Waals surface area contributed by atoms with Gasteiger partial charge in [0.1, 0.15) is 0 Å². The van der Waals surface area contributed by atoms with Crippen LogP contribution in [0.3, 0.4) is 0 Å². The Labute approximate surface area is 117 Å². The minimum Gasteiger partial charge on any atom is -0.341 e. The second kappa shape index (κ2) is 6.71. The van der Waals surface area contributed by atoms with Crippen molar-refractivity contribution in [1.29, 1.82) is 0 Å². The second-order valence-electron chi connectivity index (χ2n) is 6.51. The highest BCUT2D eigenvalue weighted by Gasteiger charge is 2.29. The van der Waals surface area contributed by atoms with Crippen molar-refractivity contribution in [2.45, 2.75) is 57.0 Å². The van der Waals surface area contributed by atoms with Crippen molar-refractivity contribution in [3.05, 3.63) is 0 Å². The van der Waals surface area contributed by atoms with Crippen LogP contribution in [0.25, 0.3) is 0 Å². The Morgan fingerprint density at radius 2 is 1.95 bits per heavy atom. The van der Waals surface area contributed by atoms with E-state index in [1.54, 1.807) is 0 Å². The number of rotatable bonds is 3. The first kappa shape index (κ1) is 14.8. The van der Waals surface area contributed by atoms with Crippen LogP contribution in [0.15, 0.2) is 0 Å². The number of amides is 1. The van der Waals surface area contributed by atoms with Crippen LogP contribution in [0.4, 0.5) is 0 Å². The Morgan fingerprint density at radius 1 is 1.21 bits per heavy atom. The molecule has 19 heavy (non-hydrogen) atoms. The summed E-state index contributed by atoms with van der Waals surface area (Å²) in [4.78, 5) is 16.7. The van der Waals surface area contributed by atoms with E-state index in [4.69, 9.17) is 5.73 Å². The highest BCUT2D eigenvalue weighted by Crippen LogP contribution is 2.27. The molecule has 3 atom stereocenters. The molecule has 2 fully saturated rings. The molecule has 4 nitrogen and oxygen atoms in total. The van der Waals surface area contributed by atoms with Crippen molar-refractivity contribution in [2.75, 3.05) is 27.2 Å². The molecule has 1 amide bonds.